The zero-order valence-corrected chi connectivity index (χ0v) is 8.22. The van der Waals surface area contributed by atoms with Crippen molar-refractivity contribution < 1.29 is 14.3 Å². The first-order valence-corrected chi connectivity index (χ1v) is 4.45. The molecule has 1 aliphatic rings. The molecule has 74 valence electrons. The lowest BCUT2D eigenvalue weighted by Gasteiger charge is -2.11. The van der Waals surface area contributed by atoms with E-state index in [1.165, 1.54) is 0 Å². The summed E-state index contributed by atoms with van der Waals surface area (Å²) in [6.07, 6.45) is 0.519. The Morgan fingerprint density at radius 3 is 2.69 bits per heavy atom. The van der Waals surface area contributed by atoms with E-state index < -0.39 is 11.5 Å². The van der Waals surface area contributed by atoms with E-state index in [2.05, 4.69) is 5.32 Å². The van der Waals surface area contributed by atoms with Gasteiger partial charge >= 0.3 is 5.97 Å². The lowest BCUT2D eigenvalue weighted by atomic mass is 9.90. The highest BCUT2D eigenvalue weighted by Crippen LogP contribution is 2.28. The number of hydrogen-bond donors (Lipinski definition) is 1. The molecule has 0 spiro atoms. The molecular weight excluding hydrogens is 170 g/mol. The van der Waals surface area contributed by atoms with E-state index in [4.69, 9.17) is 4.74 Å². The van der Waals surface area contributed by atoms with Gasteiger partial charge < -0.3 is 10.1 Å². The number of rotatable bonds is 2. The molecule has 1 amide bonds. The Kier molecular flexibility index (Phi) is 2.59. The van der Waals surface area contributed by atoms with Gasteiger partial charge in [0.15, 0.2) is 0 Å². The summed E-state index contributed by atoms with van der Waals surface area (Å²) >= 11 is 0. The second-order valence-corrected chi connectivity index (χ2v) is 3.87. The molecule has 1 atom stereocenters. The highest BCUT2D eigenvalue weighted by molar-refractivity contribution is 5.91. The van der Waals surface area contributed by atoms with Gasteiger partial charge in [-0.05, 0) is 13.3 Å². The highest BCUT2D eigenvalue weighted by Gasteiger charge is 2.42. The fraction of sp³-hybridized carbons (Fsp3) is 0.778. The van der Waals surface area contributed by atoms with E-state index in [-0.39, 0.29) is 11.9 Å². The highest BCUT2D eigenvalue weighted by atomic mass is 16.5. The molecule has 1 N–H and O–H groups in total. The fourth-order valence-corrected chi connectivity index (χ4v) is 1.39. The quantitative estimate of drug-likeness (QED) is 0.636. The Bertz CT molecular complexity index is 235. The maximum atomic E-state index is 11.3. The van der Waals surface area contributed by atoms with Crippen LogP contribution in [0, 0.1) is 5.41 Å². The number of esters is 1. The van der Waals surface area contributed by atoms with Crippen molar-refractivity contribution in [2.45, 2.75) is 33.2 Å². The van der Waals surface area contributed by atoms with Crippen molar-refractivity contribution in [3.63, 3.8) is 0 Å². The summed E-state index contributed by atoms with van der Waals surface area (Å²) in [6, 6.07) is -0.456. The average Bonchev–Trinajstić information content (AvgIpc) is 2.27. The van der Waals surface area contributed by atoms with Gasteiger partial charge in [-0.15, -0.1) is 0 Å². The summed E-state index contributed by atoms with van der Waals surface area (Å²) in [6.45, 7) is 5.74. The Morgan fingerprint density at radius 2 is 2.31 bits per heavy atom. The van der Waals surface area contributed by atoms with Crippen molar-refractivity contribution in [2.75, 3.05) is 6.61 Å². The minimum absolute atomic E-state index is 0.0782. The van der Waals surface area contributed by atoms with Crippen molar-refractivity contribution in [3.05, 3.63) is 0 Å². The van der Waals surface area contributed by atoms with Crippen LogP contribution in [0.4, 0.5) is 0 Å². The molecule has 0 aliphatic carbocycles. The van der Waals surface area contributed by atoms with Crippen LogP contribution in [-0.4, -0.2) is 24.5 Å². The van der Waals surface area contributed by atoms with Crippen molar-refractivity contribution >= 4 is 11.9 Å². The van der Waals surface area contributed by atoms with Gasteiger partial charge in [-0.1, -0.05) is 13.8 Å². The Labute approximate surface area is 77.6 Å². The first-order chi connectivity index (χ1) is 5.97. The molecule has 0 radical (unpaired) electrons. The fourth-order valence-electron chi connectivity index (χ4n) is 1.39. The maximum absolute atomic E-state index is 11.3. The van der Waals surface area contributed by atoms with Gasteiger partial charge in [-0.3, -0.25) is 4.79 Å². The maximum Gasteiger partial charge on any atom is 0.328 e. The van der Waals surface area contributed by atoms with E-state index >= 15 is 0 Å². The van der Waals surface area contributed by atoms with E-state index in [1.54, 1.807) is 6.92 Å². The first kappa shape index (κ1) is 10.0. The predicted molar refractivity (Wildman–Crippen MR) is 47.0 cm³/mol. The third kappa shape index (κ3) is 1.99. The third-order valence-electron chi connectivity index (χ3n) is 2.21. The molecule has 0 saturated carbocycles. The minimum Gasteiger partial charge on any atom is -0.464 e. The summed E-state index contributed by atoms with van der Waals surface area (Å²) < 4.78 is 4.81. The van der Waals surface area contributed by atoms with Crippen LogP contribution in [0.3, 0.4) is 0 Å². The number of nitrogens with one attached hydrogen (secondary N) is 1. The summed E-state index contributed by atoms with van der Waals surface area (Å²) in [7, 11) is 0. The van der Waals surface area contributed by atoms with Crippen LogP contribution in [-0.2, 0) is 14.3 Å². The van der Waals surface area contributed by atoms with Gasteiger partial charge in [0.05, 0.1) is 6.61 Å². The lowest BCUT2D eigenvalue weighted by molar-refractivity contribution is -0.145. The van der Waals surface area contributed by atoms with E-state index in [0.717, 1.165) is 0 Å². The first-order valence-electron chi connectivity index (χ1n) is 4.45. The van der Waals surface area contributed by atoms with Crippen LogP contribution < -0.4 is 5.32 Å². The van der Waals surface area contributed by atoms with Gasteiger partial charge in [0, 0.05) is 5.41 Å². The van der Waals surface area contributed by atoms with Crippen LogP contribution in [0.1, 0.15) is 27.2 Å². The molecule has 0 bridgehead atoms. The monoisotopic (exact) mass is 185 g/mol. The van der Waals surface area contributed by atoms with Crippen LogP contribution in [0.15, 0.2) is 0 Å². The van der Waals surface area contributed by atoms with Gasteiger partial charge in [0.1, 0.15) is 6.04 Å². The zero-order chi connectivity index (χ0) is 10.1. The zero-order valence-electron chi connectivity index (χ0n) is 8.22. The molecule has 1 saturated heterocycles. The van der Waals surface area contributed by atoms with E-state index in [9.17, 15) is 9.59 Å². The molecule has 0 aromatic carbocycles. The SMILES string of the molecule is CCOC(=O)C1CC(C)(C)C(=O)N1. The Balaban J connectivity index is 2.58. The molecule has 4 nitrogen and oxygen atoms in total. The lowest BCUT2D eigenvalue weighted by Crippen LogP contribution is -2.35. The standard InChI is InChI=1S/C9H15NO3/c1-4-13-7(11)6-5-9(2,3)8(12)10-6/h6H,4-5H2,1-3H3,(H,10,12). The van der Waals surface area contributed by atoms with Crippen LogP contribution in [0.2, 0.25) is 0 Å². The molecule has 13 heavy (non-hydrogen) atoms. The average molecular weight is 185 g/mol. The van der Waals surface area contributed by atoms with Gasteiger partial charge in [0.25, 0.3) is 0 Å². The Hall–Kier alpha value is -1.06. The van der Waals surface area contributed by atoms with Crippen molar-refractivity contribution in [1.82, 2.24) is 5.32 Å². The van der Waals surface area contributed by atoms with E-state index in [0.29, 0.717) is 13.0 Å². The topological polar surface area (TPSA) is 55.4 Å². The predicted octanol–water partition coefficient (Wildman–Crippen LogP) is 0.464. The molecule has 1 aliphatic heterocycles. The van der Waals surface area contributed by atoms with E-state index in [1.807, 2.05) is 13.8 Å². The minimum atomic E-state index is -0.456. The van der Waals surface area contributed by atoms with Crippen LogP contribution in [0.25, 0.3) is 0 Å². The number of hydrogen-bond acceptors (Lipinski definition) is 3. The third-order valence-corrected chi connectivity index (χ3v) is 2.21. The number of ether oxygens (including phenoxy) is 1. The van der Waals surface area contributed by atoms with Gasteiger partial charge in [-0.2, -0.15) is 0 Å². The number of carbonyl (C=O) groups is 2. The summed E-state index contributed by atoms with van der Waals surface area (Å²) in [5.74, 6) is -0.410. The second-order valence-electron chi connectivity index (χ2n) is 3.87. The second kappa shape index (κ2) is 3.36. The van der Waals surface area contributed by atoms with Gasteiger partial charge in [-0.25, -0.2) is 4.79 Å². The largest absolute Gasteiger partial charge is 0.464 e. The molecule has 1 unspecified atom stereocenters. The normalized spacial score (nSPS) is 25.5. The molecule has 1 heterocycles. The molecule has 4 heteroatoms. The number of carbonyl (C=O) groups excluding carboxylic acids is 2. The molecule has 1 rings (SSSR count). The smallest absolute Gasteiger partial charge is 0.328 e. The summed E-state index contributed by atoms with van der Waals surface area (Å²) in [5, 5.41) is 2.62. The van der Waals surface area contributed by atoms with Crippen molar-refractivity contribution in [2.24, 2.45) is 5.41 Å². The molecule has 1 fully saturated rings. The summed E-state index contributed by atoms with van der Waals surface area (Å²) in [5.41, 5.74) is -0.447. The molecule has 0 aromatic heterocycles. The Morgan fingerprint density at radius 1 is 1.69 bits per heavy atom. The summed E-state index contributed by atoms with van der Waals surface area (Å²) in [4.78, 5) is 22.5. The van der Waals surface area contributed by atoms with Crippen molar-refractivity contribution in [1.29, 1.82) is 0 Å². The van der Waals surface area contributed by atoms with Gasteiger partial charge in [0.2, 0.25) is 5.91 Å². The molecular formula is C9H15NO3. The van der Waals surface area contributed by atoms with Crippen molar-refractivity contribution in [3.8, 4) is 0 Å². The number of amides is 1. The van der Waals surface area contributed by atoms with Crippen LogP contribution >= 0.6 is 0 Å². The van der Waals surface area contributed by atoms with Crippen LogP contribution in [0.5, 0.6) is 0 Å². The molecule has 0 aromatic rings.